The topological polar surface area (TPSA) is 0 Å². The molecular weight excluding hydrogens is 115 g/mol. The van der Waals surface area contributed by atoms with E-state index < -0.39 is 0 Å². The molecule has 0 unspecified atom stereocenters. The molecule has 1 aromatic rings. The lowest BCUT2D eigenvalue weighted by atomic mass is 10.5. The van der Waals surface area contributed by atoms with Gasteiger partial charge in [0.1, 0.15) is 0 Å². The molecule has 1 aromatic heterocycles. The Morgan fingerprint density at radius 1 is 1.12 bits per heavy atom. The van der Waals surface area contributed by atoms with E-state index in [1.165, 1.54) is 12.8 Å². The monoisotopic (exact) mass is 120 g/mol. The lowest BCUT2D eigenvalue weighted by Crippen LogP contribution is -1.45. The van der Waals surface area contributed by atoms with Crippen LogP contribution in [0.2, 0.25) is 0 Å². The van der Waals surface area contributed by atoms with E-state index in [1.807, 2.05) is 0 Å². The first-order valence-electron chi connectivity index (χ1n) is 2.94. The molecule has 0 N–H and O–H groups in total. The predicted octanol–water partition coefficient (Wildman–Crippen LogP) is 2.08. The number of fused-ring (bicyclic) bond motifs is 2. The van der Waals surface area contributed by atoms with E-state index in [0.29, 0.717) is 0 Å². The summed E-state index contributed by atoms with van der Waals surface area (Å²) in [6.07, 6.45) is 2.66. The van der Waals surface area contributed by atoms with Gasteiger partial charge in [0, 0.05) is 12.8 Å². The highest BCUT2D eigenvalue weighted by Gasteiger charge is 2.26. The molecule has 2 aliphatic rings. The summed E-state index contributed by atoms with van der Waals surface area (Å²) in [7, 11) is 1.57. The standard InChI is InChI=1S/C7H5P/c1-4-2-6(4)8-7-3-5(1)7/h1H,2-3H2. The van der Waals surface area contributed by atoms with Gasteiger partial charge in [-0.1, -0.05) is 14.3 Å². The van der Waals surface area contributed by atoms with Gasteiger partial charge >= 0.3 is 0 Å². The first kappa shape index (κ1) is 3.63. The quantitative estimate of drug-likeness (QED) is 0.426. The van der Waals surface area contributed by atoms with Crippen LogP contribution in [0.1, 0.15) is 21.7 Å². The molecule has 0 spiro atoms. The fourth-order valence-electron chi connectivity index (χ4n) is 1.14. The van der Waals surface area contributed by atoms with Crippen molar-refractivity contribution in [3.8, 4) is 0 Å². The Kier molecular flexibility index (Phi) is 0.394. The van der Waals surface area contributed by atoms with Crippen molar-refractivity contribution in [2.45, 2.75) is 12.8 Å². The minimum absolute atomic E-state index is 1.33. The van der Waals surface area contributed by atoms with Crippen molar-refractivity contribution < 1.29 is 0 Å². The van der Waals surface area contributed by atoms with Gasteiger partial charge in [-0.2, -0.15) is 0 Å². The molecule has 3 rings (SSSR count). The van der Waals surface area contributed by atoms with Gasteiger partial charge in [0.2, 0.25) is 0 Å². The van der Waals surface area contributed by atoms with Crippen LogP contribution in [-0.2, 0) is 12.8 Å². The third kappa shape index (κ3) is 0.316. The van der Waals surface area contributed by atoms with Gasteiger partial charge in [0.25, 0.3) is 0 Å². The molecule has 38 valence electrons. The van der Waals surface area contributed by atoms with E-state index in [4.69, 9.17) is 0 Å². The van der Waals surface area contributed by atoms with Crippen molar-refractivity contribution >= 4 is 8.19 Å². The van der Waals surface area contributed by atoms with E-state index in [9.17, 15) is 0 Å². The SMILES string of the molecule is c1c2c(pc3c1C3)C2. The van der Waals surface area contributed by atoms with Crippen molar-refractivity contribution in [2.75, 3.05) is 0 Å². The van der Waals surface area contributed by atoms with Crippen molar-refractivity contribution in [1.82, 2.24) is 0 Å². The highest BCUT2D eigenvalue weighted by atomic mass is 31.0. The Morgan fingerprint density at radius 3 is 2.25 bits per heavy atom. The van der Waals surface area contributed by atoms with Crippen LogP contribution < -0.4 is 0 Å². The average molecular weight is 120 g/mol. The molecule has 0 atom stereocenters. The maximum absolute atomic E-state index is 2.38. The first-order valence-corrected chi connectivity index (χ1v) is 3.83. The molecule has 0 bridgehead atoms. The normalized spacial score (nSPS) is 17.0. The smallest absolute Gasteiger partial charge is 0.00273 e. The van der Waals surface area contributed by atoms with Crippen LogP contribution in [0.25, 0.3) is 0 Å². The van der Waals surface area contributed by atoms with Crippen LogP contribution in [0.5, 0.6) is 0 Å². The molecule has 0 amide bonds. The van der Waals surface area contributed by atoms with Crippen molar-refractivity contribution in [3.63, 3.8) is 0 Å². The third-order valence-corrected chi connectivity index (χ3v) is 3.26. The molecule has 1 heteroatoms. The van der Waals surface area contributed by atoms with E-state index in [2.05, 4.69) is 6.07 Å². The molecule has 0 radical (unpaired) electrons. The highest BCUT2D eigenvalue weighted by Crippen LogP contribution is 2.47. The van der Waals surface area contributed by atoms with Crippen LogP contribution in [0.4, 0.5) is 0 Å². The first-order chi connectivity index (χ1) is 3.93. The lowest BCUT2D eigenvalue weighted by Gasteiger charge is -1.67. The Balaban J connectivity index is 2.50. The fourth-order valence-corrected chi connectivity index (χ4v) is 2.38. The van der Waals surface area contributed by atoms with Gasteiger partial charge in [0.15, 0.2) is 0 Å². The molecule has 2 aliphatic carbocycles. The summed E-state index contributed by atoms with van der Waals surface area (Å²) in [5, 5.41) is 3.39. The maximum atomic E-state index is 2.38. The molecule has 8 heavy (non-hydrogen) atoms. The molecule has 0 saturated carbocycles. The molecule has 0 saturated heterocycles. The van der Waals surface area contributed by atoms with E-state index in [1.54, 1.807) is 29.9 Å². The summed E-state index contributed by atoms with van der Waals surface area (Å²) < 4.78 is 0. The van der Waals surface area contributed by atoms with Gasteiger partial charge in [-0.05, 0) is 21.7 Å². The Bertz CT molecular complexity index is 224. The molecule has 0 fully saturated rings. The van der Waals surface area contributed by atoms with Gasteiger partial charge in [-0.25, -0.2) is 0 Å². The molecule has 1 heterocycles. The summed E-state index contributed by atoms with van der Waals surface area (Å²) in [6.45, 7) is 0. The third-order valence-electron chi connectivity index (χ3n) is 1.83. The lowest BCUT2D eigenvalue weighted by molar-refractivity contribution is 1.56. The van der Waals surface area contributed by atoms with Crippen LogP contribution in [0, 0.1) is 0 Å². The fraction of sp³-hybridized carbons (Fsp3) is 0.286. The second kappa shape index (κ2) is 0.867. The van der Waals surface area contributed by atoms with Crippen molar-refractivity contribution in [3.05, 3.63) is 27.8 Å². The summed E-state index contributed by atoms with van der Waals surface area (Å²) in [4.78, 5) is 0. The summed E-state index contributed by atoms with van der Waals surface area (Å²) >= 11 is 0. The summed E-state index contributed by atoms with van der Waals surface area (Å²) in [6, 6.07) is 2.38. The predicted molar refractivity (Wildman–Crippen MR) is 34.6 cm³/mol. The zero-order chi connectivity index (χ0) is 5.14. The van der Waals surface area contributed by atoms with Crippen LogP contribution in [0.3, 0.4) is 0 Å². The highest BCUT2D eigenvalue weighted by molar-refractivity contribution is 7.33. The van der Waals surface area contributed by atoms with Gasteiger partial charge in [-0.15, -0.1) is 0 Å². The van der Waals surface area contributed by atoms with Gasteiger partial charge < -0.3 is 0 Å². The second-order valence-corrected chi connectivity index (χ2v) is 3.86. The zero-order valence-corrected chi connectivity index (χ0v) is 5.33. The molecular formula is C7H5P. The summed E-state index contributed by atoms with van der Waals surface area (Å²) in [5.41, 5.74) is 3.28. The van der Waals surface area contributed by atoms with E-state index in [-0.39, 0.29) is 0 Å². The van der Waals surface area contributed by atoms with Crippen molar-refractivity contribution in [1.29, 1.82) is 0 Å². The molecule has 0 aromatic carbocycles. The van der Waals surface area contributed by atoms with Crippen LogP contribution >= 0.6 is 8.19 Å². The van der Waals surface area contributed by atoms with E-state index >= 15 is 0 Å². The Labute approximate surface area is 49.6 Å². The van der Waals surface area contributed by atoms with E-state index in [0.717, 1.165) is 0 Å². The Hall–Kier alpha value is -0.350. The minimum Gasteiger partial charge on any atom is -0.0681 e. The molecule has 0 nitrogen and oxygen atoms in total. The number of hydrogen-bond donors (Lipinski definition) is 0. The minimum atomic E-state index is 1.33. The van der Waals surface area contributed by atoms with Gasteiger partial charge in [0.05, 0.1) is 0 Å². The number of rotatable bonds is 0. The maximum Gasteiger partial charge on any atom is 0.00273 e. The molecule has 0 aliphatic heterocycles. The second-order valence-electron chi connectivity index (χ2n) is 2.55. The summed E-state index contributed by atoms with van der Waals surface area (Å²) in [5.74, 6) is 0. The number of hydrogen-bond acceptors (Lipinski definition) is 0. The van der Waals surface area contributed by atoms with Crippen LogP contribution in [-0.4, -0.2) is 0 Å². The largest absolute Gasteiger partial charge is 0.0681 e. The van der Waals surface area contributed by atoms with Gasteiger partial charge in [-0.3, -0.25) is 0 Å². The van der Waals surface area contributed by atoms with Crippen molar-refractivity contribution in [2.24, 2.45) is 0 Å². The average Bonchev–Trinajstić information content (AvgIpc) is 2.45. The van der Waals surface area contributed by atoms with Crippen LogP contribution in [0.15, 0.2) is 6.07 Å². The zero-order valence-electron chi connectivity index (χ0n) is 4.44. The Morgan fingerprint density at radius 2 is 1.75 bits per heavy atom.